The number of hydrogen-bond donors (Lipinski definition) is 1. The fourth-order valence-electron chi connectivity index (χ4n) is 6.44. The van der Waals surface area contributed by atoms with E-state index < -0.39 is 18.1 Å². The Morgan fingerprint density at radius 1 is 0.566 bits per heavy atom. The molecule has 0 saturated heterocycles. The molecule has 0 aliphatic rings. The third kappa shape index (κ3) is 35.3. The average molecular weight is 751 g/mol. The van der Waals surface area contributed by atoms with Gasteiger partial charge in [-0.05, 0) is 38.5 Å². The molecular formula is C45H84NO7+. The standard InChI is InChI=1S/C45H83NO7/c1-6-8-10-12-14-16-18-19-20-21-22-23-24-26-27-29-31-33-35-43(47)52-40-41(39-51-38-37-42(45(49)50)46(3,4)5)53-44(48)36-34-32-30-28-25-17-15-13-11-9-7-2/h20-23,41-42H,6-19,24-40H2,1-5H3/p+1/b21-20+,23-22+. The van der Waals surface area contributed by atoms with Gasteiger partial charge in [-0.3, -0.25) is 9.59 Å². The Morgan fingerprint density at radius 2 is 0.981 bits per heavy atom. The summed E-state index contributed by atoms with van der Waals surface area (Å²) in [6, 6.07) is -0.613. The Hall–Kier alpha value is -2.19. The van der Waals surface area contributed by atoms with E-state index in [-0.39, 0.29) is 36.2 Å². The molecule has 53 heavy (non-hydrogen) atoms. The maximum absolute atomic E-state index is 12.7. The van der Waals surface area contributed by atoms with E-state index in [1.54, 1.807) is 0 Å². The highest BCUT2D eigenvalue weighted by Gasteiger charge is 2.31. The highest BCUT2D eigenvalue weighted by Crippen LogP contribution is 2.14. The fraction of sp³-hybridized carbons (Fsp3) is 0.844. The third-order valence-corrected chi connectivity index (χ3v) is 9.88. The molecule has 0 aliphatic heterocycles. The number of carbonyl (C=O) groups excluding carboxylic acids is 2. The highest BCUT2D eigenvalue weighted by molar-refractivity contribution is 5.72. The first-order valence-corrected chi connectivity index (χ1v) is 21.9. The molecule has 0 bridgehead atoms. The van der Waals surface area contributed by atoms with E-state index in [9.17, 15) is 19.5 Å². The predicted octanol–water partition coefficient (Wildman–Crippen LogP) is 11.7. The molecule has 0 aromatic carbocycles. The van der Waals surface area contributed by atoms with Gasteiger partial charge in [0.15, 0.2) is 12.1 Å². The first-order chi connectivity index (χ1) is 25.6. The normalized spacial score (nSPS) is 13.2. The van der Waals surface area contributed by atoms with Crippen LogP contribution in [0.4, 0.5) is 0 Å². The van der Waals surface area contributed by atoms with Crippen LogP contribution in [0.25, 0.3) is 0 Å². The number of allylic oxidation sites excluding steroid dienone is 4. The molecule has 8 nitrogen and oxygen atoms in total. The lowest BCUT2D eigenvalue weighted by Crippen LogP contribution is -2.50. The number of hydrogen-bond acceptors (Lipinski definition) is 6. The molecule has 0 aromatic rings. The van der Waals surface area contributed by atoms with Crippen molar-refractivity contribution >= 4 is 17.9 Å². The van der Waals surface area contributed by atoms with Crippen LogP contribution >= 0.6 is 0 Å². The van der Waals surface area contributed by atoms with Gasteiger partial charge in [-0.25, -0.2) is 4.79 Å². The number of rotatable bonds is 39. The van der Waals surface area contributed by atoms with E-state index in [0.29, 0.717) is 19.3 Å². The summed E-state index contributed by atoms with van der Waals surface area (Å²) in [5.41, 5.74) is 0. The van der Waals surface area contributed by atoms with Crippen molar-refractivity contribution in [1.82, 2.24) is 0 Å². The second kappa shape index (κ2) is 36.8. The van der Waals surface area contributed by atoms with Gasteiger partial charge in [0.25, 0.3) is 0 Å². The van der Waals surface area contributed by atoms with E-state index in [4.69, 9.17) is 14.2 Å². The summed E-state index contributed by atoms with van der Waals surface area (Å²) < 4.78 is 17.2. The molecule has 2 atom stereocenters. The maximum Gasteiger partial charge on any atom is 0.362 e. The van der Waals surface area contributed by atoms with Gasteiger partial charge in [0.1, 0.15) is 6.61 Å². The summed E-state index contributed by atoms with van der Waals surface area (Å²) in [5, 5.41) is 9.60. The monoisotopic (exact) mass is 751 g/mol. The summed E-state index contributed by atoms with van der Waals surface area (Å²) >= 11 is 0. The first-order valence-electron chi connectivity index (χ1n) is 21.9. The van der Waals surface area contributed by atoms with Crippen molar-refractivity contribution in [3.63, 3.8) is 0 Å². The van der Waals surface area contributed by atoms with Crippen LogP contribution in [0, 0.1) is 0 Å². The Kier molecular flexibility index (Phi) is 35.2. The minimum atomic E-state index is -0.876. The number of unbranched alkanes of at least 4 members (excludes halogenated alkanes) is 22. The van der Waals surface area contributed by atoms with Crippen LogP contribution in [0.5, 0.6) is 0 Å². The molecule has 0 aromatic heterocycles. The molecule has 0 fully saturated rings. The molecule has 8 heteroatoms. The Labute approximate surface area is 326 Å². The molecule has 0 aliphatic carbocycles. The number of ether oxygens (including phenoxy) is 3. The Balaban J connectivity index is 4.33. The van der Waals surface area contributed by atoms with Crippen molar-refractivity contribution in [2.24, 2.45) is 0 Å². The Morgan fingerprint density at radius 3 is 1.42 bits per heavy atom. The van der Waals surface area contributed by atoms with Crippen molar-refractivity contribution in [3.05, 3.63) is 24.3 Å². The van der Waals surface area contributed by atoms with E-state index >= 15 is 0 Å². The van der Waals surface area contributed by atoms with E-state index in [1.807, 2.05) is 21.1 Å². The zero-order valence-electron chi connectivity index (χ0n) is 35.2. The smallest absolute Gasteiger partial charge is 0.362 e. The molecule has 1 N–H and O–H groups in total. The summed E-state index contributed by atoms with van der Waals surface area (Å²) in [6.45, 7) is 4.72. The fourth-order valence-corrected chi connectivity index (χ4v) is 6.44. The highest BCUT2D eigenvalue weighted by atomic mass is 16.6. The largest absolute Gasteiger partial charge is 0.477 e. The minimum absolute atomic E-state index is 0.0552. The SMILES string of the molecule is CCCCCCCCC/C=C/C=C/CCCCCCCC(=O)OCC(COCCC(C(=O)O)[N+](C)(C)C)OC(=O)CCCCCCCCCCCCC. The number of quaternary nitrogens is 1. The summed E-state index contributed by atoms with van der Waals surface area (Å²) in [6.07, 6.45) is 39.3. The van der Waals surface area contributed by atoms with Gasteiger partial charge in [0.2, 0.25) is 0 Å². The second-order valence-corrected chi connectivity index (χ2v) is 16.0. The zero-order chi connectivity index (χ0) is 39.3. The average Bonchev–Trinajstić information content (AvgIpc) is 3.11. The van der Waals surface area contributed by atoms with Gasteiger partial charge >= 0.3 is 17.9 Å². The van der Waals surface area contributed by atoms with Crippen molar-refractivity contribution < 1.29 is 38.2 Å². The molecule has 2 unspecified atom stereocenters. The van der Waals surface area contributed by atoms with Crippen LogP contribution in [-0.2, 0) is 28.6 Å². The van der Waals surface area contributed by atoms with Crippen LogP contribution in [0.1, 0.15) is 194 Å². The van der Waals surface area contributed by atoms with E-state index in [2.05, 4.69) is 38.2 Å². The number of esters is 2. The number of nitrogens with zero attached hydrogens (tertiary/aromatic N) is 1. The van der Waals surface area contributed by atoms with Crippen molar-refractivity contribution in [2.45, 2.75) is 206 Å². The molecule has 0 heterocycles. The van der Waals surface area contributed by atoms with Crippen LogP contribution in [0.15, 0.2) is 24.3 Å². The lowest BCUT2D eigenvalue weighted by Gasteiger charge is -2.31. The van der Waals surface area contributed by atoms with Crippen LogP contribution in [0.2, 0.25) is 0 Å². The molecule has 0 rings (SSSR count). The van der Waals surface area contributed by atoms with Gasteiger partial charge in [-0.1, -0.05) is 160 Å². The minimum Gasteiger partial charge on any atom is -0.477 e. The number of aliphatic carboxylic acids is 1. The van der Waals surface area contributed by atoms with Crippen molar-refractivity contribution in [1.29, 1.82) is 0 Å². The lowest BCUT2D eigenvalue weighted by molar-refractivity contribution is -0.887. The Bertz CT molecular complexity index is 926. The molecular weight excluding hydrogens is 666 g/mol. The molecule has 0 amide bonds. The lowest BCUT2D eigenvalue weighted by atomic mass is 10.1. The van der Waals surface area contributed by atoms with E-state index in [0.717, 1.165) is 57.8 Å². The van der Waals surface area contributed by atoms with Gasteiger partial charge in [-0.2, -0.15) is 0 Å². The quantitative estimate of drug-likeness (QED) is 0.0289. The van der Waals surface area contributed by atoms with Gasteiger partial charge in [0.05, 0.1) is 34.4 Å². The molecule has 0 saturated carbocycles. The first kappa shape index (κ1) is 50.8. The molecule has 0 radical (unpaired) electrons. The van der Waals surface area contributed by atoms with Gasteiger partial charge < -0.3 is 23.8 Å². The van der Waals surface area contributed by atoms with Crippen molar-refractivity contribution in [3.8, 4) is 0 Å². The second-order valence-electron chi connectivity index (χ2n) is 16.0. The van der Waals surface area contributed by atoms with Crippen molar-refractivity contribution in [2.75, 3.05) is 41.0 Å². The zero-order valence-corrected chi connectivity index (χ0v) is 35.2. The van der Waals surface area contributed by atoms with Gasteiger partial charge in [-0.15, -0.1) is 0 Å². The maximum atomic E-state index is 12.7. The summed E-state index contributed by atoms with van der Waals surface area (Å²) in [4.78, 5) is 36.9. The van der Waals surface area contributed by atoms with Crippen LogP contribution < -0.4 is 0 Å². The number of carboxylic acids is 1. The summed E-state index contributed by atoms with van der Waals surface area (Å²) in [5.74, 6) is -1.48. The third-order valence-electron chi connectivity index (χ3n) is 9.88. The van der Waals surface area contributed by atoms with Crippen LogP contribution in [-0.4, -0.2) is 80.6 Å². The number of carbonyl (C=O) groups is 3. The topological polar surface area (TPSA) is 99.1 Å². The number of carboxylic acid groups (broad SMARTS) is 1. The van der Waals surface area contributed by atoms with E-state index in [1.165, 1.54) is 103 Å². The molecule has 0 spiro atoms. The van der Waals surface area contributed by atoms with Gasteiger partial charge in [0, 0.05) is 19.3 Å². The number of likely N-dealkylation sites (N-methyl/N-ethyl adjacent to an activating group) is 1. The predicted molar refractivity (Wildman–Crippen MR) is 220 cm³/mol. The summed E-state index contributed by atoms with van der Waals surface area (Å²) in [7, 11) is 5.52. The van der Waals surface area contributed by atoms with Crippen LogP contribution in [0.3, 0.4) is 0 Å². The molecule has 310 valence electrons.